The van der Waals surface area contributed by atoms with Gasteiger partial charge in [0.2, 0.25) is 0 Å². The van der Waals surface area contributed by atoms with Crippen LogP contribution in [0.3, 0.4) is 0 Å². The van der Waals surface area contributed by atoms with Crippen LogP contribution in [0.25, 0.3) is 0 Å². The van der Waals surface area contributed by atoms with E-state index < -0.39 is 0 Å². The molecule has 1 heterocycles. The Morgan fingerprint density at radius 1 is 1.53 bits per heavy atom. The molecule has 1 saturated heterocycles. The molecule has 0 aromatic heterocycles. The zero-order valence-electron chi connectivity index (χ0n) is 10.1. The number of ether oxygens (including phenoxy) is 2. The minimum Gasteiger partial charge on any atom is -0.459 e. The van der Waals surface area contributed by atoms with Crippen LogP contribution in [0.15, 0.2) is 24.3 Å². The molecule has 1 aliphatic rings. The highest BCUT2D eigenvalue weighted by Gasteiger charge is 2.24. The normalized spacial score (nSPS) is 17.8. The zero-order valence-corrected chi connectivity index (χ0v) is 10.1. The van der Waals surface area contributed by atoms with Gasteiger partial charge < -0.3 is 9.47 Å². The summed E-state index contributed by atoms with van der Waals surface area (Å²) in [4.78, 5) is 11.7. The van der Waals surface area contributed by atoms with Crippen LogP contribution in [-0.4, -0.2) is 25.3 Å². The Bertz CT molecular complexity index is 383. The predicted octanol–water partition coefficient (Wildman–Crippen LogP) is 2.58. The largest absolute Gasteiger partial charge is 0.459 e. The average Bonchev–Trinajstić information content (AvgIpc) is 3.18. The van der Waals surface area contributed by atoms with Crippen molar-refractivity contribution in [3.63, 3.8) is 0 Å². The molecule has 0 aliphatic carbocycles. The minimum atomic E-state index is -0.251. The molecule has 1 atom stereocenters. The van der Waals surface area contributed by atoms with Crippen molar-refractivity contribution in [2.45, 2.75) is 32.3 Å². The third-order valence-electron chi connectivity index (χ3n) is 2.78. The first-order valence-electron chi connectivity index (χ1n) is 6.17. The second-order valence-corrected chi connectivity index (χ2v) is 4.36. The Kier molecular flexibility index (Phi) is 4.15. The maximum absolute atomic E-state index is 11.7. The van der Waals surface area contributed by atoms with E-state index >= 15 is 0 Å². The maximum atomic E-state index is 11.7. The lowest BCUT2D eigenvalue weighted by Crippen LogP contribution is -2.10. The molecule has 0 amide bonds. The van der Waals surface area contributed by atoms with Crippen molar-refractivity contribution in [1.82, 2.24) is 0 Å². The number of unbranched alkanes of at least 4 members (excludes halogenated alkanes) is 1. The topological polar surface area (TPSA) is 38.8 Å². The van der Waals surface area contributed by atoms with Crippen molar-refractivity contribution in [3.8, 4) is 0 Å². The summed E-state index contributed by atoms with van der Waals surface area (Å²) in [6, 6.07) is 7.68. The molecule has 0 N–H and O–H groups in total. The van der Waals surface area contributed by atoms with Crippen LogP contribution in [-0.2, 0) is 15.9 Å². The third kappa shape index (κ3) is 3.86. The summed E-state index contributed by atoms with van der Waals surface area (Å²) in [7, 11) is 0. The lowest BCUT2D eigenvalue weighted by Gasteiger charge is -2.05. The van der Waals surface area contributed by atoms with Gasteiger partial charge in [0, 0.05) is 0 Å². The van der Waals surface area contributed by atoms with Crippen molar-refractivity contribution in [1.29, 1.82) is 0 Å². The molecule has 17 heavy (non-hydrogen) atoms. The molecule has 1 unspecified atom stereocenters. The summed E-state index contributed by atoms with van der Waals surface area (Å²) in [5, 5.41) is 0. The molecule has 0 spiro atoms. The molecule has 92 valence electrons. The Morgan fingerprint density at radius 3 is 3.06 bits per heavy atom. The van der Waals surface area contributed by atoms with Crippen molar-refractivity contribution in [2.24, 2.45) is 0 Å². The van der Waals surface area contributed by atoms with Gasteiger partial charge in [-0.25, -0.2) is 4.79 Å². The molecule has 1 aliphatic heterocycles. The zero-order chi connectivity index (χ0) is 12.1. The Morgan fingerprint density at radius 2 is 2.35 bits per heavy atom. The van der Waals surface area contributed by atoms with E-state index in [9.17, 15) is 4.79 Å². The van der Waals surface area contributed by atoms with E-state index in [1.807, 2.05) is 12.1 Å². The maximum Gasteiger partial charge on any atom is 0.338 e. The van der Waals surface area contributed by atoms with Crippen LogP contribution >= 0.6 is 0 Å². The fourth-order valence-electron chi connectivity index (χ4n) is 1.65. The number of esters is 1. The standard InChI is InChI=1S/C14H18O3/c1-2-3-5-11-6-4-7-12(8-11)14(15)17-10-13-9-16-13/h4,6-8,13H,2-3,5,9-10H2,1H3. The molecule has 1 fully saturated rings. The van der Waals surface area contributed by atoms with Crippen LogP contribution in [0.1, 0.15) is 35.7 Å². The van der Waals surface area contributed by atoms with E-state index in [2.05, 4.69) is 13.0 Å². The van der Waals surface area contributed by atoms with Gasteiger partial charge in [-0.15, -0.1) is 0 Å². The highest BCUT2D eigenvalue weighted by atomic mass is 16.6. The van der Waals surface area contributed by atoms with Gasteiger partial charge in [-0.1, -0.05) is 25.5 Å². The van der Waals surface area contributed by atoms with Gasteiger partial charge in [0.25, 0.3) is 0 Å². The molecule has 0 saturated carbocycles. The van der Waals surface area contributed by atoms with Crippen molar-refractivity contribution in [3.05, 3.63) is 35.4 Å². The molecule has 3 nitrogen and oxygen atoms in total. The smallest absolute Gasteiger partial charge is 0.338 e. The van der Waals surface area contributed by atoms with Gasteiger partial charge in [-0.05, 0) is 30.5 Å². The predicted molar refractivity (Wildman–Crippen MR) is 65.1 cm³/mol. The first-order valence-corrected chi connectivity index (χ1v) is 6.17. The molecular weight excluding hydrogens is 216 g/mol. The van der Waals surface area contributed by atoms with Gasteiger partial charge in [0.1, 0.15) is 12.7 Å². The highest BCUT2D eigenvalue weighted by molar-refractivity contribution is 5.89. The van der Waals surface area contributed by atoms with Gasteiger partial charge >= 0.3 is 5.97 Å². The van der Waals surface area contributed by atoms with Crippen LogP contribution in [0.5, 0.6) is 0 Å². The first-order chi connectivity index (χ1) is 8.29. The molecule has 2 rings (SSSR count). The second-order valence-electron chi connectivity index (χ2n) is 4.36. The van der Waals surface area contributed by atoms with E-state index in [0.717, 1.165) is 19.3 Å². The first kappa shape index (κ1) is 12.1. The van der Waals surface area contributed by atoms with E-state index in [4.69, 9.17) is 9.47 Å². The van der Waals surface area contributed by atoms with E-state index in [-0.39, 0.29) is 12.1 Å². The Balaban J connectivity index is 1.91. The average molecular weight is 234 g/mol. The summed E-state index contributed by atoms with van der Waals surface area (Å²) in [6.07, 6.45) is 3.45. The van der Waals surface area contributed by atoms with Crippen LogP contribution < -0.4 is 0 Å². The number of hydrogen-bond acceptors (Lipinski definition) is 3. The monoisotopic (exact) mass is 234 g/mol. The van der Waals surface area contributed by atoms with Gasteiger partial charge in [-0.2, -0.15) is 0 Å². The molecular formula is C14H18O3. The van der Waals surface area contributed by atoms with E-state index in [1.165, 1.54) is 5.56 Å². The fraction of sp³-hybridized carbons (Fsp3) is 0.500. The number of rotatable bonds is 6. The number of aryl methyl sites for hydroxylation is 1. The van der Waals surface area contributed by atoms with Crippen LogP contribution in [0, 0.1) is 0 Å². The number of epoxide rings is 1. The lowest BCUT2D eigenvalue weighted by atomic mass is 10.1. The van der Waals surface area contributed by atoms with E-state index in [0.29, 0.717) is 18.8 Å². The third-order valence-corrected chi connectivity index (χ3v) is 2.78. The van der Waals surface area contributed by atoms with Crippen molar-refractivity contribution >= 4 is 5.97 Å². The van der Waals surface area contributed by atoms with Gasteiger partial charge in [-0.3, -0.25) is 0 Å². The number of hydrogen-bond donors (Lipinski definition) is 0. The van der Waals surface area contributed by atoms with Gasteiger partial charge in [0.15, 0.2) is 0 Å². The lowest BCUT2D eigenvalue weighted by molar-refractivity contribution is 0.0476. The summed E-state index contributed by atoms with van der Waals surface area (Å²) < 4.78 is 10.1. The number of carbonyl (C=O) groups excluding carboxylic acids is 1. The van der Waals surface area contributed by atoms with E-state index in [1.54, 1.807) is 6.07 Å². The van der Waals surface area contributed by atoms with Gasteiger partial charge in [0.05, 0.1) is 12.2 Å². The summed E-state index contributed by atoms with van der Waals surface area (Å²) in [5.41, 5.74) is 1.84. The summed E-state index contributed by atoms with van der Waals surface area (Å²) >= 11 is 0. The van der Waals surface area contributed by atoms with Crippen LogP contribution in [0.2, 0.25) is 0 Å². The molecule has 0 bridgehead atoms. The molecule has 1 aromatic carbocycles. The van der Waals surface area contributed by atoms with Crippen molar-refractivity contribution < 1.29 is 14.3 Å². The minimum absolute atomic E-state index is 0.127. The fourth-order valence-corrected chi connectivity index (χ4v) is 1.65. The van der Waals surface area contributed by atoms with Crippen molar-refractivity contribution in [2.75, 3.05) is 13.2 Å². The highest BCUT2D eigenvalue weighted by Crippen LogP contribution is 2.12. The summed E-state index contributed by atoms with van der Waals surface area (Å²) in [6.45, 7) is 3.25. The SMILES string of the molecule is CCCCc1cccc(C(=O)OCC2CO2)c1. The second kappa shape index (κ2) is 5.82. The molecule has 3 heteroatoms. The number of benzene rings is 1. The molecule has 0 radical (unpaired) electrons. The Hall–Kier alpha value is -1.35. The Labute approximate surface area is 102 Å². The summed E-state index contributed by atoms with van der Waals surface area (Å²) in [5.74, 6) is -0.251. The molecule has 1 aromatic rings. The number of carbonyl (C=O) groups is 1. The quantitative estimate of drug-likeness (QED) is 0.561. The van der Waals surface area contributed by atoms with Crippen LogP contribution in [0.4, 0.5) is 0 Å².